The summed E-state index contributed by atoms with van der Waals surface area (Å²) < 4.78 is 1.69. The molecule has 1 aromatic heterocycles. The zero-order valence-corrected chi connectivity index (χ0v) is 9.62. The highest BCUT2D eigenvalue weighted by Gasteiger charge is 2.10. The van der Waals surface area contributed by atoms with E-state index in [2.05, 4.69) is 10.1 Å². The van der Waals surface area contributed by atoms with Crippen molar-refractivity contribution in [1.29, 1.82) is 0 Å². The number of benzene rings is 2. The molecule has 0 fully saturated rings. The summed E-state index contributed by atoms with van der Waals surface area (Å²) in [6.45, 7) is 7.61. The van der Waals surface area contributed by atoms with Crippen LogP contribution < -0.4 is 0 Å². The fourth-order valence-corrected chi connectivity index (χ4v) is 1.84. The maximum atomic E-state index is 7.61. The van der Waals surface area contributed by atoms with Crippen LogP contribution in [0.4, 0.5) is 0 Å². The third-order valence-electron chi connectivity index (χ3n) is 2.64. The van der Waals surface area contributed by atoms with Gasteiger partial charge in [-0.1, -0.05) is 48.5 Å². The van der Waals surface area contributed by atoms with Crippen molar-refractivity contribution in [3.63, 3.8) is 0 Å². The van der Waals surface area contributed by atoms with Crippen LogP contribution in [0.5, 0.6) is 0 Å². The fourth-order valence-electron chi connectivity index (χ4n) is 1.84. The van der Waals surface area contributed by atoms with Gasteiger partial charge in [0.2, 0.25) is 0 Å². The molecule has 0 N–H and O–H groups in total. The summed E-state index contributed by atoms with van der Waals surface area (Å²) in [5.74, 6) is 0.713. The summed E-state index contributed by atoms with van der Waals surface area (Å²) in [6, 6.07) is 19.5. The van der Waals surface area contributed by atoms with Crippen LogP contribution >= 0.6 is 0 Å². The molecule has 0 aliphatic carbocycles. The van der Waals surface area contributed by atoms with E-state index >= 15 is 0 Å². The van der Waals surface area contributed by atoms with E-state index < -0.39 is 0 Å². The van der Waals surface area contributed by atoms with E-state index in [1.165, 1.54) is 0 Å². The van der Waals surface area contributed by atoms with Crippen LogP contribution in [0.2, 0.25) is 0 Å². The Bertz CT molecular complexity index is 585. The fraction of sp³-hybridized carbons (Fsp3) is 0. The predicted molar refractivity (Wildman–Crippen MR) is 69.1 cm³/mol. The molecule has 0 atom stereocenters. The SMILES string of the molecule is [C]c1nc(-c2ccccc2)n(-c2ccccc2)n1. The molecule has 3 rings (SSSR count). The highest BCUT2D eigenvalue weighted by Crippen LogP contribution is 2.20. The molecule has 0 saturated carbocycles. The lowest BCUT2D eigenvalue weighted by Gasteiger charge is -2.05. The van der Waals surface area contributed by atoms with Crippen molar-refractivity contribution in [2.75, 3.05) is 0 Å². The monoisotopic (exact) mass is 232 g/mol. The first-order chi connectivity index (χ1) is 8.84. The van der Waals surface area contributed by atoms with Crippen molar-refractivity contribution < 1.29 is 0 Å². The van der Waals surface area contributed by atoms with Gasteiger partial charge in [-0.15, -0.1) is 5.10 Å². The molecule has 85 valence electrons. The smallest absolute Gasteiger partial charge is 0.163 e. The first-order valence-corrected chi connectivity index (χ1v) is 5.64. The minimum absolute atomic E-state index is 0.0257. The number of rotatable bonds is 2. The Morgan fingerprint density at radius 2 is 1.44 bits per heavy atom. The average molecular weight is 232 g/mol. The van der Waals surface area contributed by atoms with Gasteiger partial charge in [0.1, 0.15) is 0 Å². The van der Waals surface area contributed by atoms with Crippen molar-refractivity contribution in [2.45, 2.75) is 0 Å². The van der Waals surface area contributed by atoms with Gasteiger partial charge < -0.3 is 0 Å². The van der Waals surface area contributed by atoms with Crippen LogP contribution in [-0.4, -0.2) is 14.8 Å². The lowest BCUT2D eigenvalue weighted by atomic mass is 10.2. The summed E-state index contributed by atoms with van der Waals surface area (Å²) in [5, 5.41) is 4.13. The molecule has 0 bridgehead atoms. The van der Waals surface area contributed by atoms with Crippen molar-refractivity contribution in [3.05, 3.63) is 73.4 Å². The molecule has 0 amide bonds. The molecule has 0 aliphatic heterocycles. The summed E-state index contributed by atoms with van der Waals surface area (Å²) in [4.78, 5) is 4.18. The minimum Gasteiger partial charge on any atom is -0.213 e. The molecule has 3 heteroatoms. The van der Waals surface area contributed by atoms with Crippen molar-refractivity contribution >= 4 is 0 Å². The predicted octanol–water partition coefficient (Wildman–Crippen LogP) is 2.87. The number of aromatic nitrogens is 3. The Hall–Kier alpha value is -2.42. The average Bonchev–Trinajstić information content (AvgIpc) is 2.83. The first-order valence-electron chi connectivity index (χ1n) is 5.64. The Morgan fingerprint density at radius 3 is 2.11 bits per heavy atom. The molecule has 1 heterocycles. The standard InChI is InChI=1S/C15H10N3/c1-12-16-15(13-8-4-2-5-9-13)18(17-12)14-10-6-3-7-11-14/h2-11H. The van der Waals surface area contributed by atoms with Gasteiger partial charge in [-0.05, 0) is 12.1 Å². The molecule has 3 radical (unpaired) electrons. The van der Waals surface area contributed by atoms with Gasteiger partial charge in [0.15, 0.2) is 11.6 Å². The zero-order valence-electron chi connectivity index (χ0n) is 9.62. The topological polar surface area (TPSA) is 30.7 Å². The normalized spacial score (nSPS) is 10.5. The second kappa shape index (κ2) is 4.45. The van der Waals surface area contributed by atoms with E-state index in [1.807, 2.05) is 60.7 Å². The van der Waals surface area contributed by atoms with Crippen LogP contribution in [0.25, 0.3) is 17.1 Å². The van der Waals surface area contributed by atoms with Crippen molar-refractivity contribution in [3.8, 4) is 17.1 Å². The third kappa shape index (κ3) is 1.91. The zero-order chi connectivity index (χ0) is 12.4. The van der Waals surface area contributed by atoms with Crippen molar-refractivity contribution in [2.24, 2.45) is 0 Å². The second-order valence-corrected chi connectivity index (χ2v) is 3.87. The third-order valence-corrected chi connectivity index (χ3v) is 2.64. The molecule has 2 aromatic carbocycles. The molecule has 3 aromatic rings. The molecule has 0 spiro atoms. The highest BCUT2D eigenvalue weighted by atomic mass is 15.3. The van der Waals surface area contributed by atoms with Gasteiger partial charge in [0.05, 0.1) is 12.6 Å². The van der Waals surface area contributed by atoms with Gasteiger partial charge in [-0.25, -0.2) is 9.67 Å². The summed E-state index contributed by atoms with van der Waals surface area (Å²) >= 11 is 0. The molecule has 18 heavy (non-hydrogen) atoms. The Kier molecular flexibility index (Phi) is 2.65. The Labute approximate surface area is 106 Å². The summed E-state index contributed by atoms with van der Waals surface area (Å²) in [7, 11) is 0. The van der Waals surface area contributed by atoms with E-state index in [-0.39, 0.29) is 5.82 Å². The Balaban J connectivity index is 2.17. The second-order valence-electron chi connectivity index (χ2n) is 3.87. The lowest BCUT2D eigenvalue weighted by Crippen LogP contribution is -1.99. The Morgan fingerprint density at radius 1 is 0.833 bits per heavy atom. The van der Waals surface area contributed by atoms with Crippen LogP contribution in [0.15, 0.2) is 60.7 Å². The maximum Gasteiger partial charge on any atom is 0.163 e. The number of nitrogens with zero attached hydrogens (tertiary/aromatic N) is 3. The van der Waals surface area contributed by atoms with Gasteiger partial charge >= 0.3 is 0 Å². The maximum absolute atomic E-state index is 7.61. The van der Waals surface area contributed by atoms with E-state index in [4.69, 9.17) is 6.92 Å². The quantitative estimate of drug-likeness (QED) is 0.680. The largest absolute Gasteiger partial charge is 0.213 e. The molecule has 0 unspecified atom stereocenters. The van der Waals surface area contributed by atoms with Crippen LogP contribution in [0.1, 0.15) is 5.82 Å². The molecule has 0 saturated heterocycles. The molecular weight excluding hydrogens is 222 g/mol. The highest BCUT2D eigenvalue weighted by molar-refractivity contribution is 5.57. The van der Waals surface area contributed by atoms with E-state index in [0.717, 1.165) is 11.3 Å². The van der Waals surface area contributed by atoms with E-state index in [9.17, 15) is 0 Å². The number of hydrogen-bond acceptors (Lipinski definition) is 2. The van der Waals surface area contributed by atoms with E-state index in [0.29, 0.717) is 5.82 Å². The van der Waals surface area contributed by atoms with E-state index in [1.54, 1.807) is 4.68 Å². The van der Waals surface area contributed by atoms with Crippen molar-refractivity contribution in [1.82, 2.24) is 14.8 Å². The minimum atomic E-state index is 0.0257. The summed E-state index contributed by atoms with van der Waals surface area (Å²) in [5.41, 5.74) is 1.86. The van der Waals surface area contributed by atoms with Gasteiger partial charge in [0, 0.05) is 5.56 Å². The number of hydrogen-bond donors (Lipinski definition) is 0. The number of para-hydroxylation sites is 1. The summed E-state index contributed by atoms with van der Waals surface area (Å²) in [6.07, 6.45) is 0. The lowest BCUT2D eigenvalue weighted by molar-refractivity contribution is 0.879. The van der Waals surface area contributed by atoms with Crippen LogP contribution in [0.3, 0.4) is 0 Å². The van der Waals surface area contributed by atoms with Gasteiger partial charge in [-0.3, -0.25) is 0 Å². The molecule has 3 nitrogen and oxygen atoms in total. The first kappa shape index (κ1) is 10.7. The van der Waals surface area contributed by atoms with Gasteiger partial charge in [-0.2, -0.15) is 0 Å². The van der Waals surface area contributed by atoms with Gasteiger partial charge in [0.25, 0.3) is 0 Å². The van der Waals surface area contributed by atoms with Crippen LogP contribution in [-0.2, 0) is 0 Å². The molecule has 0 aliphatic rings. The van der Waals surface area contributed by atoms with Crippen LogP contribution in [0, 0.1) is 6.92 Å². The molecular formula is C15H10N3.